The number of ether oxygens (including phenoxy) is 2. The van der Waals surface area contributed by atoms with Gasteiger partial charge in [-0.3, -0.25) is 10.1 Å². The van der Waals surface area contributed by atoms with Crippen LogP contribution in [0, 0.1) is 5.92 Å². The van der Waals surface area contributed by atoms with Crippen LogP contribution < -0.4 is 5.32 Å². The fraction of sp³-hybridized carbons (Fsp3) is 0.909. The molecule has 2 unspecified atom stereocenters. The van der Waals surface area contributed by atoms with Crippen molar-refractivity contribution in [1.82, 2.24) is 5.32 Å². The Kier molecular flexibility index (Phi) is 2.98. The molecule has 0 aromatic heterocycles. The topological polar surface area (TPSA) is 47.6 Å². The van der Waals surface area contributed by atoms with Gasteiger partial charge in [-0.25, -0.2) is 0 Å². The van der Waals surface area contributed by atoms with E-state index in [0.29, 0.717) is 12.5 Å². The Labute approximate surface area is 90.3 Å². The third kappa shape index (κ3) is 2.49. The van der Waals surface area contributed by atoms with Crippen LogP contribution in [-0.4, -0.2) is 37.9 Å². The van der Waals surface area contributed by atoms with Crippen molar-refractivity contribution in [2.45, 2.75) is 37.8 Å². The molecule has 86 valence electrons. The van der Waals surface area contributed by atoms with Crippen molar-refractivity contribution in [3.05, 3.63) is 0 Å². The van der Waals surface area contributed by atoms with Gasteiger partial charge in [-0.1, -0.05) is 0 Å². The van der Waals surface area contributed by atoms with Gasteiger partial charge in [-0.2, -0.15) is 0 Å². The summed E-state index contributed by atoms with van der Waals surface area (Å²) in [7, 11) is 1.45. The summed E-state index contributed by atoms with van der Waals surface area (Å²) in [6.07, 6.45) is 3.22. The molecular weight excluding hydrogens is 194 g/mol. The van der Waals surface area contributed by atoms with Crippen LogP contribution in [0.15, 0.2) is 0 Å². The van der Waals surface area contributed by atoms with Crippen LogP contribution in [0.3, 0.4) is 0 Å². The molecule has 2 atom stereocenters. The highest BCUT2D eigenvalue weighted by atomic mass is 16.5. The zero-order chi connectivity index (χ0) is 10.9. The summed E-state index contributed by atoms with van der Waals surface area (Å²) in [6, 6.07) is -0.137. The lowest BCUT2D eigenvalue weighted by Gasteiger charge is -2.28. The van der Waals surface area contributed by atoms with Crippen LogP contribution in [0.25, 0.3) is 0 Å². The number of methoxy groups -OCH3 is 1. The number of hydrogen-bond acceptors (Lipinski definition) is 4. The van der Waals surface area contributed by atoms with Crippen LogP contribution in [0.2, 0.25) is 0 Å². The lowest BCUT2D eigenvalue weighted by Crippen LogP contribution is -2.53. The minimum atomic E-state index is -0.137. The summed E-state index contributed by atoms with van der Waals surface area (Å²) >= 11 is 0. The molecule has 2 rings (SSSR count). The monoisotopic (exact) mass is 213 g/mol. The van der Waals surface area contributed by atoms with E-state index in [4.69, 9.17) is 9.47 Å². The molecule has 2 fully saturated rings. The lowest BCUT2D eigenvalue weighted by molar-refractivity contribution is -0.144. The van der Waals surface area contributed by atoms with Gasteiger partial charge in [0.05, 0.1) is 13.7 Å². The molecule has 1 saturated heterocycles. The van der Waals surface area contributed by atoms with Gasteiger partial charge in [0, 0.05) is 12.1 Å². The van der Waals surface area contributed by atoms with E-state index in [1.165, 1.54) is 7.11 Å². The predicted molar refractivity (Wildman–Crippen MR) is 55.5 cm³/mol. The van der Waals surface area contributed by atoms with Crippen LogP contribution in [0.5, 0.6) is 0 Å². The van der Waals surface area contributed by atoms with Gasteiger partial charge < -0.3 is 9.47 Å². The van der Waals surface area contributed by atoms with E-state index >= 15 is 0 Å². The fourth-order valence-corrected chi connectivity index (χ4v) is 2.08. The highest BCUT2D eigenvalue weighted by Crippen LogP contribution is 2.34. The smallest absolute Gasteiger partial charge is 0.323 e. The first-order valence-electron chi connectivity index (χ1n) is 5.58. The first-order valence-corrected chi connectivity index (χ1v) is 5.58. The second-order valence-corrected chi connectivity index (χ2v) is 4.85. The van der Waals surface area contributed by atoms with E-state index < -0.39 is 0 Å². The molecule has 1 heterocycles. The second-order valence-electron chi connectivity index (χ2n) is 4.85. The number of rotatable bonds is 4. The third-order valence-corrected chi connectivity index (χ3v) is 3.27. The lowest BCUT2D eigenvalue weighted by atomic mass is 9.99. The zero-order valence-corrected chi connectivity index (χ0v) is 9.41. The minimum absolute atomic E-state index is 0.0541. The van der Waals surface area contributed by atoms with Gasteiger partial charge in [0.1, 0.15) is 6.04 Å². The molecule has 1 aliphatic heterocycles. The Hall–Kier alpha value is -0.610. The molecule has 2 aliphatic rings. The minimum Gasteiger partial charge on any atom is -0.468 e. The molecule has 4 nitrogen and oxygen atoms in total. The Morgan fingerprint density at radius 3 is 2.80 bits per heavy atom. The number of esters is 1. The van der Waals surface area contributed by atoms with Gasteiger partial charge in [0.15, 0.2) is 0 Å². The molecule has 1 N–H and O–H groups in total. The maximum absolute atomic E-state index is 11.6. The molecule has 1 saturated carbocycles. The van der Waals surface area contributed by atoms with Crippen molar-refractivity contribution in [2.75, 3.05) is 20.3 Å². The van der Waals surface area contributed by atoms with Gasteiger partial charge in [0.2, 0.25) is 0 Å². The summed E-state index contributed by atoms with van der Waals surface area (Å²) < 4.78 is 10.2. The van der Waals surface area contributed by atoms with Gasteiger partial charge in [0.25, 0.3) is 0 Å². The van der Waals surface area contributed by atoms with Crippen molar-refractivity contribution in [1.29, 1.82) is 0 Å². The average molecular weight is 213 g/mol. The molecule has 1 aliphatic carbocycles. The number of carbonyl (C=O) groups is 1. The SMILES string of the molecule is COC(=O)C(NC1(C)CCOC1)C1CC1. The molecule has 0 spiro atoms. The van der Waals surface area contributed by atoms with E-state index in [2.05, 4.69) is 12.2 Å². The molecule has 0 aromatic rings. The Balaban J connectivity index is 1.96. The molecule has 0 radical (unpaired) electrons. The van der Waals surface area contributed by atoms with Gasteiger partial charge in [-0.15, -0.1) is 0 Å². The Bertz CT molecular complexity index is 244. The van der Waals surface area contributed by atoms with Gasteiger partial charge >= 0.3 is 5.97 Å². The summed E-state index contributed by atoms with van der Waals surface area (Å²) in [5, 5.41) is 3.41. The van der Waals surface area contributed by atoms with Crippen molar-refractivity contribution in [3.8, 4) is 0 Å². The highest BCUT2D eigenvalue weighted by Gasteiger charge is 2.42. The Morgan fingerprint density at radius 2 is 2.33 bits per heavy atom. The zero-order valence-electron chi connectivity index (χ0n) is 9.41. The highest BCUT2D eigenvalue weighted by molar-refractivity contribution is 5.76. The first kappa shape index (κ1) is 10.9. The average Bonchev–Trinajstić information content (AvgIpc) is 2.98. The van der Waals surface area contributed by atoms with Crippen LogP contribution in [0.1, 0.15) is 26.2 Å². The first-order chi connectivity index (χ1) is 7.14. The summed E-state index contributed by atoms with van der Waals surface area (Å²) in [4.78, 5) is 11.6. The largest absolute Gasteiger partial charge is 0.468 e. The standard InChI is InChI=1S/C11H19NO3/c1-11(5-6-15-7-11)12-9(8-3-4-8)10(13)14-2/h8-9,12H,3-7H2,1-2H3. The quantitative estimate of drug-likeness (QED) is 0.699. The second kappa shape index (κ2) is 4.10. The summed E-state index contributed by atoms with van der Waals surface area (Å²) in [5.41, 5.74) is -0.0541. The van der Waals surface area contributed by atoms with E-state index in [1.54, 1.807) is 0 Å². The molecular formula is C11H19NO3. The van der Waals surface area contributed by atoms with Crippen molar-refractivity contribution < 1.29 is 14.3 Å². The fourth-order valence-electron chi connectivity index (χ4n) is 2.08. The normalized spacial score (nSPS) is 32.7. The van der Waals surface area contributed by atoms with E-state index in [1.807, 2.05) is 0 Å². The molecule has 15 heavy (non-hydrogen) atoms. The maximum Gasteiger partial charge on any atom is 0.323 e. The summed E-state index contributed by atoms with van der Waals surface area (Å²) in [5.74, 6) is 0.334. The number of carbonyl (C=O) groups excluding carboxylic acids is 1. The molecule has 0 aromatic carbocycles. The molecule has 0 amide bonds. The maximum atomic E-state index is 11.6. The molecule has 4 heteroatoms. The van der Waals surface area contributed by atoms with E-state index in [0.717, 1.165) is 25.9 Å². The predicted octanol–water partition coefficient (Wildman–Crippen LogP) is 0.707. The Morgan fingerprint density at radius 1 is 1.60 bits per heavy atom. The number of nitrogens with one attached hydrogen (secondary N) is 1. The van der Waals surface area contributed by atoms with Gasteiger partial charge in [-0.05, 0) is 32.1 Å². The van der Waals surface area contributed by atoms with E-state index in [9.17, 15) is 4.79 Å². The van der Waals surface area contributed by atoms with Crippen LogP contribution in [-0.2, 0) is 14.3 Å². The van der Waals surface area contributed by atoms with E-state index in [-0.39, 0.29) is 17.6 Å². The van der Waals surface area contributed by atoms with Crippen LogP contribution >= 0.6 is 0 Å². The van der Waals surface area contributed by atoms with Crippen LogP contribution in [0.4, 0.5) is 0 Å². The number of hydrogen-bond donors (Lipinski definition) is 1. The van der Waals surface area contributed by atoms with Crippen molar-refractivity contribution >= 4 is 5.97 Å². The summed E-state index contributed by atoms with van der Waals surface area (Å²) in [6.45, 7) is 3.58. The van der Waals surface area contributed by atoms with Crippen molar-refractivity contribution in [2.24, 2.45) is 5.92 Å². The molecule has 0 bridgehead atoms. The van der Waals surface area contributed by atoms with Crippen molar-refractivity contribution in [3.63, 3.8) is 0 Å². The third-order valence-electron chi connectivity index (χ3n) is 3.27.